The summed E-state index contributed by atoms with van der Waals surface area (Å²) in [6.07, 6.45) is 3.72. The lowest BCUT2D eigenvalue weighted by molar-refractivity contribution is 0.341. The maximum atomic E-state index is 15.1. The van der Waals surface area contributed by atoms with E-state index in [1.54, 1.807) is 16.8 Å². The molecule has 0 radical (unpaired) electrons. The van der Waals surface area contributed by atoms with Gasteiger partial charge in [-0.3, -0.25) is 4.79 Å². The van der Waals surface area contributed by atoms with Crippen molar-refractivity contribution in [3.63, 3.8) is 0 Å². The summed E-state index contributed by atoms with van der Waals surface area (Å²) in [6, 6.07) is 10.5. The average molecular weight is 463 g/mol. The van der Waals surface area contributed by atoms with E-state index in [-0.39, 0.29) is 22.3 Å². The van der Waals surface area contributed by atoms with Crippen LogP contribution in [0.4, 0.5) is 10.1 Å². The van der Waals surface area contributed by atoms with Crippen molar-refractivity contribution in [3.8, 4) is 28.6 Å². The van der Waals surface area contributed by atoms with E-state index in [2.05, 4.69) is 22.0 Å². The lowest BCUT2D eigenvalue weighted by Crippen LogP contribution is -2.33. The summed E-state index contributed by atoms with van der Waals surface area (Å²) in [7, 11) is 1.83. The van der Waals surface area contributed by atoms with Gasteiger partial charge in [0, 0.05) is 31.7 Å². The van der Waals surface area contributed by atoms with E-state index >= 15 is 4.39 Å². The number of hydrogen-bond donors (Lipinski definition) is 0. The van der Waals surface area contributed by atoms with Crippen LogP contribution in [-0.4, -0.2) is 34.4 Å². The Labute approximate surface area is 196 Å². The summed E-state index contributed by atoms with van der Waals surface area (Å²) in [6.45, 7) is 6.23. The zero-order valence-electron chi connectivity index (χ0n) is 19.5. The highest BCUT2D eigenvalue weighted by atomic mass is 19.1. The largest absolute Gasteiger partial charge is 0.493 e. The molecule has 0 amide bonds. The van der Waals surface area contributed by atoms with Crippen LogP contribution in [0.25, 0.3) is 33.7 Å². The van der Waals surface area contributed by atoms with Gasteiger partial charge in [-0.15, -0.1) is 0 Å². The van der Waals surface area contributed by atoms with E-state index in [1.165, 1.54) is 6.07 Å². The second-order valence-electron chi connectivity index (χ2n) is 8.83. The lowest BCUT2D eigenvalue weighted by Gasteiger charge is -2.32. The van der Waals surface area contributed by atoms with Crippen LogP contribution in [0, 0.1) is 11.7 Å². The maximum Gasteiger partial charge on any atom is 0.263 e. The Balaban J connectivity index is 1.56. The highest BCUT2D eigenvalue weighted by molar-refractivity contribution is 5.86. The van der Waals surface area contributed by atoms with Crippen LogP contribution in [-0.2, 0) is 7.05 Å². The van der Waals surface area contributed by atoms with Crippen LogP contribution in [0.1, 0.15) is 26.7 Å². The van der Waals surface area contributed by atoms with Gasteiger partial charge in [0.15, 0.2) is 0 Å². The SMILES string of the molecule is CCOc1ccccc1-c1noc(-c2cn(C)c3cc(N4CCC(C)CC4)c(F)cc3c2=O)n1. The molecule has 0 N–H and O–H groups in total. The standard InChI is InChI=1S/C26H27FN4O3/c1-4-33-23-8-6-5-7-17(23)25-28-26(34-29-25)19-15-30(3)21-14-22(20(27)13-18(21)24(19)32)31-11-9-16(2)10-12-31/h5-8,13-16H,4,9-12H2,1-3H3. The summed E-state index contributed by atoms with van der Waals surface area (Å²) in [4.78, 5) is 19.8. The molecular weight excluding hydrogens is 435 g/mol. The topological polar surface area (TPSA) is 73.4 Å². The van der Waals surface area contributed by atoms with E-state index in [9.17, 15) is 4.79 Å². The van der Waals surface area contributed by atoms with Crippen LogP contribution in [0.3, 0.4) is 0 Å². The van der Waals surface area contributed by atoms with Gasteiger partial charge in [-0.1, -0.05) is 24.2 Å². The van der Waals surface area contributed by atoms with Gasteiger partial charge >= 0.3 is 0 Å². The molecule has 176 valence electrons. The molecule has 0 unspecified atom stereocenters. The molecule has 0 spiro atoms. The predicted octanol–water partition coefficient (Wildman–Crippen LogP) is 5.03. The number of para-hydroxylation sites is 1. The summed E-state index contributed by atoms with van der Waals surface area (Å²) >= 11 is 0. The molecule has 5 rings (SSSR count). The second-order valence-corrected chi connectivity index (χ2v) is 8.83. The van der Waals surface area contributed by atoms with Crippen LogP contribution < -0.4 is 15.1 Å². The Hall–Kier alpha value is -3.68. The van der Waals surface area contributed by atoms with Gasteiger partial charge in [0.05, 0.1) is 23.4 Å². The number of ether oxygens (including phenoxy) is 1. The molecule has 2 aromatic heterocycles. The zero-order valence-corrected chi connectivity index (χ0v) is 19.5. The Kier molecular flexibility index (Phi) is 5.81. The van der Waals surface area contributed by atoms with Crippen molar-refractivity contribution in [2.75, 3.05) is 24.6 Å². The highest BCUT2D eigenvalue weighted by Crippen LogP contribution is 2.31. The summed E-state index contributed by atoms with van der Waals surface area (Å²) in [5.74, 6) is 1.28. The second kappa shape index (κ2) is 8.93. The number of hydrogen-bond acceptors (Lipinski definition) is 6. The molecule has 0 atom stereocenters. The van der Waals surface area contributed by atoms with Gasteiger partial charge in [0.25, 0.3) is 5.89 Å². The van der Waals surface area contributed by atoms with Crippen LogP contribution in [0.5, 0.6) is 5.75 Å². The van der Waals surface area contributed by atoms with Crippen LogP contribution in [0.15, 0.2) is 51.9 Å². The zero-order chi connectivity index (χ0) is 23.8. The molecule has 0 saturated carbocycles. The minimum atomic E-state index is -0.395. The van der Waals surface area contributed by atoms with Crippen molar-refractivity contribution in [1.82, 2.24) is 14.7 Å². The van der Waals surface area contributed by atoms with Gasteiger partial charge < -0.3 is 18.7 Å². The summed E-state index contributed by atoms with van der Waals surface area (Å²) in [5, 5.41) is 4.34. The number of halogens is 1. The first-order valence-electron chi connectivity index (χ1n) is 11.6. The fourth-order valence-corrected chi connectivity index (χ4v) is 4.51. The molecule has 1 aliphatic rings. The highest BCUT2D eigenvalue weighted by Gasteiger charge is 2.22. The van der Waals surface area contributed by atoms with Crippen molar-refractivity contribution in [1.29, 1.82) is 0 Å². The number of benzene rings is 2. The van der Waals surface area contributed by atoms with E-state index in [1.807, 2.05) is 38.2 Å². The molecule has 1 fully saturated rings. The number of anilines is 1. The fraction of sp³-hybridized carbons (Fsp3) is 0.346. The number of aromatic nitrogens is 3. The Morgan fingerprint density at radius 1 is 1.18 bits per heavy atom. The van der Waals surface area contributed by atoms with Crippen molar-refractivity contribution in [3.05, 3.63) is 58.6 Å². The minimum absolute atomic E-state index is 0.0818. The molecule has 8 heteroatoms. The summed E-state index contributed by atoms with van der Waals surface area (Å²) < 4.78 is 28.0. The smallest absolute Gasteiger partial charge is 0.263 e. The number of rotatable bonds is 5. The van der Waals surface area contributed by atoms with Crippen molar-refractivity contribution in [2.45, 2.75) is 26.7 Å². The van der Waals surface area contributed by atoms with Crippen LogP contribution >= 0.6 is 0 Å². The number of nitrogens with zero attached hydrogens (tertiary/aromatic N) is 4. The molecule has 2 aromatic carbocycles. The number of fused-ring (bicyclic) bond motifs is 1. The first kappa shape index (κ1) is 22.1. The van der Waals surface area contributed by atoms with Gasteiger partial charge in [-0.05, 0) is 49.9 Å². The van der Waals surface area contributed by atoms with E-state index < -0.39 is 5.82 Å². The maximum absolute atomic E-state index is 15.1. The van der Waals surface area contributed by atoms with E-state index in [4.69, 9.17) is 9.26 Å². The number of pyridine rings is 1. The van der Waals surface area contributed by atoms with Crippen LogP contribution in [0.2, 0.25) is 0 Å². The molecule has 0 bridgehead atoms. The molecule has 4 aromatic rings. The van der Waals surface area contributed by atoms with E-state index in [0.717, 1.165) is 25.9 Å². The summed E-state index contributed by atoms with van der Waals surface area (Å²) in [5.41, 5.74) is 1.74. The molecule has 7 nitrogen and oxygen atoms in total. The van der Waals surface area contributed by atoms with Crippen molar-refractivity contribution < 1.29 is 13.7 Å². The molecule has 1 saturated heterocycles. The average Bonchev–Trinajstić information content (AvgIpc) is 3.32. The monoisotopic (exact) mass is 462 g/mol. The predicted molar refractivity (Wildman–Crippen MR) is 130 cm³/mol. The fourth-order valence-electron chi connectivity index (χ4n) is 4.51. The number of piperidine rings is 1. The minimum Gasteiger partial charge on any atom is -0.493 e. The number of aryl methyl sites for hydroxylation is 1. The normalized spacial score (nSPS) is 14.6. The van der Waals surface area contributed by atoms with Crippen molar-refractivity contribution >= 4 is 16.6 Å². The Morgan fingerprint density at radius 2 is 1.94 bits per heavy atom. The molecule has 1 aliphatic heterocycles. The van der Waals surface area contributed by atoms with E-state index in [0.29, 0.717) is 40.9 Å². The lowest BCUT2D eigenvalue weighted by atomic mass is 9.98. The first-order chi connectivity index (χ1) is 16.5. The molecule has 34 heavy (non-hydrogen) atoms. The van der Waals surface area contributed by atoms with Gasteiger partial charge in [-0.25, -0.2) is 4.39 Å². The molecule has 3 heterocycles. The van der Waals surface area contributed by atoms with Gasteiger partial charge in [-0.2, -0.15) is 4.98 Å². The van der Waals surface area contributed by atoms with Gasteiger partial charge in [0.1, 0.15) is 17.1 Å². The third kappa shape index (κ3) is 3.93. The third-order valence-electron chi connectivity index (χ3n) is 6.47. The Bertz CT molecular complexity index is 1400. The molecule has 0 aliphatic carbocycles. The Morgan fingerprint density at radius 3 is 2.71 bits per heavy atom. The first-order valence-corrected chi connectivity index (χ1v) is 11.6. The molecular formula is C26H27FN4O3. The van der Waals surface area contributed by atoms with Crippen molar-refractivity contribution in [2.24, 2.45) is 13.0 Å². The quantitative estimate of drug-likeness (QED) is 0.414. The van der Waals surface area contributed by atoms with Gasteiger partial charge in [0.2, 0.25) is 11.3 Å². The third-order valence-corrected chi connectivity index (χ3v) is 6.47.